The molecule has 6 heterocycles. The van der Waals surface area contributed by atoms with Gasteiger partial charge in [-0.25, -0.2) is 0 Å². The fourth-order valence-electron chi connectivity index (χ4n) is 10.5. The number of para-hydroxylation sites is 2. The molecule has 0 bridgehead atoms. The van der Waals surface area contributed by atoms with E-state index in [0.717, 1.165) is 23.6 Å². The molecule has 294 valence electrons. The van der Waals surface area contributed by atoms with Crippen LogP contribution in [0.4, 0.5) is 11.4 Å². The molecule has 2 aromatic carbocycles. The van der Waals surface area contributed by atoms with Crippen LogP contribution in [0.15, 0.2) is 60.3 Å². The summed E-state index contributed by atoms with van der Waals surface area (Å²) in [5.74, 6) is -5.39. The Kier molecular flexibility index (Phi) is 8.14. The lowest BCUT2D eigenvalue weighted by Crippen LogP contribution is -2.75. The van der Waals surface area contributed by atoms with Gasteiger partial charge in [0.05, 0.1) is 10.8 Å². The zero-order valence-electron chi connectivity index (χ0n) is 32.1. The molecule has 56 heavy (non-hydrogen) atoms. The number of ether oxygens (including phenoxy) is 3. The zero-order valence-corrected chi connectivity index (χ0v) is 32.9. The van der Waals surface area contributed by atoms with E-state index in [1.165, 1.54) is 35.5 Å². The summed E-state index contributed by atoms with van der Waals surface area (Å²) >= 11 is 1.25. The third-order valence-electron chi connectivity index (χ3n) is 12.4. The topological polar surface area (TPSA) is 184 Å². The number of piperazine rings is 2. The number of hydrogen-bond acceptors (Lipinski definition) is 13. The Morgan fingerprint density at radius 3 is 2.04 bits per heavy atom. The average Bonchev–Trinajstić information content (AvgIpc) is 3.82. The second kappa shape index (κ2) is 12.2. The Hall–Kier alpha value is -5.58. The number of anilines is 2. The summed E-state index contributed by atoms with van der Waals surface area (Å²) in [6, 6.07) is 12.9. The molecular formula is C39H42N6O10S. The van der Waals surface area contributed by atoms with Crippen LogP contribution in [0.5, 0.6) is 0 Å². The van der Waals surface area contributed by atoms with Gasteiger partial charge in [0, 0.05) is 46.2 Å². The Morgan fingerprint density at radius 2 is 1.45 bits per heavy atom. The summed E-state index contributed by atoms with van der Waals surface area (Å²) < 4.78 is 17.8. The van der Waals surface area contributed by atoms with Crippen LogP contribution < -0.4 is 10.6 Å². The first-order valence-electron chi connectivity index (χ1n) is 18.2. The normalized spacial score (nSPS) is 33.5. The van der Waals surface area contributed by atoms with Gasteiger partial charge in [-0.05, 0) is 41.5 Å². The lowest BCUT2D eigenvalue weighted by molar-refractivity contribution is -0.228. The third-order valence-corrected chi connectivity index (χ3v) is 14.0. The molecule has 0 spiro atoms. The molecule has 0 radical (unpaired) electrons. The first-order valence-corrected chi connectivity index (χ1v) is 19.4. The molecule has 6 aliphatic rings. The van der Waals surface area contributed by atoms with Crippen LogP contribution in [-0.2, 0) is 58.6 Å². The molecule has 2 N–H and O–H groups in total. The fraction of sp³-hybridized carbons (Fsp3) is 0.462. The Morgan fingerprint density at radius 1 is 0.839 bits per heavy atom. The van der Waals surface area contributed by atoms with Crippen molar-refractivity contribution in [3.8, 4) is 0 Å². The van der Waals surface area contributed by atoms with Crippen molar-refractivity contribution in [2.24, 2.45) is 5.92 Å². The first kappa shape index (κ1) is 37.3. The molecule has 17 heteroatoms. The van der Waals surface area contributed by atoms with E-state index in [1.807, 2.05) is 32.0 Å². The maximum absolute atomic E-state index is 15.3. The molecule has 0 unspecified atom stereocenters. The molecule has 16 nitrogen and oxygen atoms in total. The molecule has 0 aromatic heterocycles. The van der Waals surface area contributed by atoms with E-state index < -0.39 is 88.1 Å². The summed E-state index contributed by atoms with van der Waals surface area (Å²) in [5, 5.41) is 6.99. The molecule has 0 aliphatic carbocycles. The first-order chi connectivity index (χ1) is 26.5. The number of thioether (sulfide) groups is 1. The van der Waals surface area contributed by atoms with Gasteiger partial charge in [-0.15, -0.1) is 11.8 Å². The largest absolute Gasteiger partial charge is 0.463 e. The molecule has 3 saturated heterocycles. The Balaban J connectivity index is 1.51. The molecular weight excluding hydrogens is 745 g/mol. The van der Waals surface area contributed by atoms with Gasteiger partial charge in [-0.2, -0.15) is 0 Å². The molecule has 2 aromatic rings. The number of carbonyl (C=O) groups is 7. The summed E-state index contributed by atoms with van der Waals surface area (Å²) in [7, 11) is 2.91. The molecule has 8 atom stereocenters. The molecule has 4 amide bonds. The summed E-state index contributed by atoms with van der Waals surface area (Å²) in [6.45, 7) is 6.61. The van der Waals surface area contributed by atoms with Crippen molar-refractivity contribution in [3.05, 3.63) is 71.4 Å². The molecule has 3 fully saturated rings. The van der Waals surface area contributed by atoms with E-state index in [1.54, 1.807) is 49.7 Å². The van der Waals surface area contributed by atoms with E-state index in [2.05, 4.69) is 10.6 Å². The molecule has 0 saturated carbocycles. The second-order valence-electron chi connectivity index (χ2n) is 15.3. The van der Waals surface area contributed by atoms with Crippen LogP contribution >= 0.6 is 11.8 Å². The van der Waals surface area contributed by atoms with Crippen molar-refractivity contribution in [1.29, 1.82) is 0 Å². The maximum atomic E-state index is 15.3. The van der Waals surface area contributed by atoms with Gasteiger partial charge in [0.1, 0.15) is 30.7 Å². The van der Waals surface area contributed by atoms with Crippen LogP contribution in [0.25, 0.3) is 0 Å². The third kappa shape index (κ3) is 4.18. The Bertz CT molecular complexity index is 2200. The van der Waals surface area contributed by atoms with Gasteiger partial charge in [0.25, 0.3) is 23.6 Å². The van der Waals surface area contributed by atoms with Crippen LogP contribution in [0.2, 0.25) is 0 Å². The number of nitrogens with zero attached hydrogens (tertiary/aromatic N) is 4. The lowest BCUT2D eigenvalue weighted by atomic mass is 9.54. The van der Waals surface area contributed by atoms with Crippen molar-refractivity contribution in [2.45, 2.75) is 80.5 Å². The Labute approximate surface area is 326 Å². The van der Waals surface area contributed by atoms with E-state index in [-0.39, 0.29) is 17.5 Å². The number of likely N-dealkylation sites (N-methyl/N-ethyl adjacent to an activating group) is 2. The number of esters is 3. The standard InChI is InChI=1S/C39H42N6O10S/c1-19(2)39(56-8)35(52)44-27(29(49)43(39)7)17-36(23-13-9-11-15-25(23)40-32(36)44)37-24-14-10-12-16-26(24)41-33(37)45-30(50)28(18-53-20(3)46)42(6)34(51)38(45,55-22(5)48)31(37)54-21(4)47/h9-17,19,28,31-33,40-41H,18H2,1-8H3/t28-,31-,32+,33-,36-,37-,38-,39-/m0/s1. The summed E-state index contributed by atoms with van der Waals surface area (Å²) in [4.78, 5) is 103. The predicted molar refractivity (Wildman–Crippen MR) is 200 cm³/mol. The van der Waals surface area contributed by atoms with Gasteiger partial charge in [-0.1, -0.05) is 50.2 Å². The highest BCUT2D eigenvalue weighted by Gasteiger charge is 2.87. The summed E-state index contributed by atoms with van der Waals surface area (Å²) in [6.07, 6.45) is -0.787. The number of amides is 4. The summed E-state index contributed by atoms with van der Waals surface area (Å²) in [5.41, 5.74) is -3.94. The van der Waals surface area contributed by atoms with E-state index >= 15 is 14.4 Å². The zero-order chi connectivity index (χ0) is 40.4. The number of nitrogens with one attached hydrogen (secondary N) is 2. The minimum atomic E-state index is -2.63. The van der Waals surface area contributed by atoms with Crippen LogP contribution in [-0.4, -0.2) is 123 Å². The van der Waals surface area contributed by atoms with Crippen molar-refractivity contribution >= 4 is 64.7 Å². The van der Waals surface area contributed by atoms with Gasteiger partial charge in [0.2, 0.25) is 0 Å². The molecule has 8 rings (SSSR count). The van der Waals surface area contributed by atoms with E-state index in [0.29, 0.717) is 22.5 Å². The van der Waals surface area contributed by atoms with Crippen LogP contribution in [0.1, 0.15) is 45.7 Å². The number of carbonyl (C=O) groups excluding carboxylic acids is 7. The maximum Gasteiger partial charge on any atom is 0.307 e. The van der Waals surface area contributed by atoms with E-state index in [9.17, 15) is 19.2 Å². The van der Waals surface area contributed by atoms with Crippen molar-refractivity contribution < 1.29 is 47.8 Å². The number of fused-ring (bicyclic) bond motifs is 11. The van der Waals surface area contributed by atoms with Gasteiger partial charge in [0.15, 0.2) is 11.0 Å². The minimum absolute atomic E-state index is 0.0443. The number of benzene rings is 2. The number of hydrogen-bond donors (Lipinski definition) is 2. The van der Waals surface area contributed by atoms with Gasteiger partial charge >= 0.3 is 23.6 Å². The lowest BCUT2D eigenvalue weighted by Gasteiger charge is -2.52. The van der Waals surface area contributed by atoms with Crippen molar-refractivity contribution in [1.82, 2.24) is 19.6 Å². The average molecular weight is 787 g/mol. The highest BCUT2D eigenvalue weighted by Crippen LogP contribution is 2.71. The van der Waals surface area contributed by atoms with E-state index in [4.69, 9.17) is 14.2 Å². The smallest absolute Gasteiger partial charge is 0.307 e. The van der Waals surface area contributed by atoms with Crippen molar-refractivity contribution in [2.75, 3.05) is 37.6 Å². The quantitative estimate of drug-likeness (QED) is 0.306. The van der Waals surface area contributed by atoms with Crippen LogP contribution in [0, 0.1) is 5.92 Å². The highest BCUT2D eigenvalue weighted by atomic mass is 32.2. The van der Waals surface area contributed by atoms with Gasteiger partial charge < -0.3 is 34.6 Å². The minimum Gasteiger partial charge on any atom is -0.463 e. The number of rotatable bonds is 7. The second-order valence-corrected chi connectivity index (χ2v) is 16.3. The van der Waals surface area contributed by atoms with Crippen molar-refractivity contribution in [3.63, 3.8) is 0 Å². The monoisotopic (exact) mass is 786 g/mol. The van der Waals surface area contributed by atoms with Crippen LogP contribution in [0.3, 0.4) is 0 Å². The SMILES string of the molecule is CS[C@@]1(C(C)C)C(=O)N2C(=C[C@]3([C@]45c6ccccc6N[C@H]4N4C(=O)[C@H](COC(C)=O)N(C)C(=O)[C@@]4(OC(C)=O)[C@H]5OC(C)=O)c4ccccc4N[C@H]23)C(=O)N1C. The highest BCUT2D eigenvalue weighted by molar-refractivity contribution is 8.00. The predicted octanol–water partition coefficient (Wildman–Crippen LogP) is 1.72. The fourth-order valence-corrected chi connectivity index (χ4v) is 11.6. The van der Waals surface area contributed by atoms with Gasteiger partial charge in [-0.3, -0.25) is 43.4 Å². The molecule has 6 aliphatic heterocycles.